The van der Waals surface area contributed by atoms with E-state index in [-0.39, 0.29) is 5.91 Å². The molecule has 126 valence electrons. The Morgan fingerprint density at radius 3 is 2.54 bits per heavy atom. The molecule has 1 aliphatic rings. The third-order valence-corrected chi connectivity index (χ3v) is 4.38. The van der Waals surface area contributed by atoms with Crippen LogP contribution in [0.5, 0.6) is 0 Å². The molecule has 1 amide bonds. The smallest absolute Gasteiger partial charge is 0.251 e. The summed E-state index contributed by atoms with van der Waals surface area (Å²) in [4.78, 5) is 14.9. The van der Waals surface area contributed by atoms with E-state index < -0.39 is 0 Å². The lowest BCUT2D eigenvalue weighted by Crippen LogP contribution is -2.36. The van der Waals surface area contributed by atoms with Crippen molar-refractivity contribution in [2.45, 2.75) is 13.1 Å². The molecule has 0 unspecified atom stereocenters. The van der Waals surface area contributed by atoms with Gasteiger partial charge in [0.1, 0.15) is 0 Å². The molecule has 1 aliphatic heterocycles. The zero-order valence-electron chi connectivity index (χ0n) is 13.5. The Kier molecular flexibility index (Phi) is 5.86. The first-order valence-electron chi connectivity index (χ1n) is 8.13. The summed E-state index contributed by atoms with van der Waals surface area (Å²) in [7, 11) is 0. The highest BCUT2D eigenvalue weighted by atomic mass is 35.5. The van der Waals surface area contributed by atoms with E-state index in [2.05, 4.69) is 10.2 Å². The minimum Gasteiger partial charge on any atom is -0.379 e. The standard InChI is InChI=1S/C19H21ClN2O2/c20-17-7-5-15(6-8-17)13-21-19(23)18-4-2-1-3-16(18)14-22-9-11-24-12-10-22/h1-8H,9-14H2,(H,21,23). The summed E-state index contributed by atoms with van der Waals surface area (Å²) >= 11 is 5.88. The van der Waals surface area contributed by atoms with Gasteiger partial charge in [-0.3, -0.25) is 9.69 Å². The number of hydrogen-bond acceptors (Lipinski definition) is 3. The second-order valence-corrected chi connectivity index (χ2v) is 6.29. The van der Waals surface area contributed by atoms with Gasteiger partial charge in [0.25, 0.3) is 5.91 Å². The number of rotatable bonds is 5. The lowest BCUT2D eigenvalue weighted by Gasteiger charge is -2.27. The number of nitrogens with one attached hydrogen (secondary N) is 1. The summed E-state index contributed by atoms with van der Waals surface area (Å²) in [5.41, 5.74) is 2.81. The molecular weight excluding hydrogens is 324 g/mol. The topological polar surface area (TPSA) is 41.6 Å². The molecule has 0 aliphatic carbocycles. The van der Waals surface area contributed by atoms with E-state index in [9.17, 15) is 4.79 Å². The molecular formula is C19H21ClN2O2. The van der Waals surface area contributed by atoms with E-state index in [0.717, 1.165) is 49.5 Å². The maximum atomic E-state index is 12.6. The van der Waals surface area contributed by atoms with Crippen molar-refractivity contribution in [2.75, 3.05) is 26.3 Å². The van der Waals surface area contributed by atoms with E-state index >= 15 is 0 Å². The van der Waals surface area contributed by atoms with E-state index in [1.54, 1.807) is 0 Å². The van der Waals surface area contributed by atoms with Crippen molar-refractivity contribution in [1.82, 2.24) is 10.2 Å². The van der Waals surface area contributed by atoms with Crippen LogP contribution in [-0.4, -0.2) is 37.1 Å². The van der Waals surface area contributed by atoms with Crippen LogP contribution >= 0.6 is 11.6 Å². The van der Waals surface area contributed by atoms with Crippen LogP contribution in [0.25, 0.3) is 0 Å². The molecule has 3 rings (SSSR count). The molecule has 0 atom stereocenters. The van der Waals surface area contributed by atoms with Crippen molar-refractivity contribution in [1.29, 1.82) is 0 Å². The third-order valence-electron chi connectivity index (χ3n) is 4.13. The van der Waals surface area contributed by atoms with Crippen LogP contribution in [0.2, 0.25) is 5.02 Å². The predicted molar refractivity (Wildman–Crippen MR) is 95.2 cm³/mol. The van der Waals surface area contributed by atoms with Gasteiger partial charge in [-0.2, -0.15) is 0 Å². The van der Waals surface area contributed by atoms with Gasteiger partial charge in [0.15, 0.2) is 0 Å². The van der Waals surface area contributed by atoms with Gasteiger partial charge in [-0.15, -0.1) is 0 Å². The van der Waals surface area contributed by atoms with Crippen LogP contribution < -0.4 is 5.32 Å². The van der Waals surface area contributed by atoms with Gasteiger partial charge in [-0.1, -0.05) is 41.9 Å². The monoisotopic (exact) mass is 344 g/mol. The zero-order chi connectivity index (χ0) is 16.8. The van der Waals surface area contributed by atoms with Gasteiger partial charge in [0.05, 0.1) is 13.2 Å². The molecule has 0 bridgehead atoms. The number of carbonyl (C=O) groups excluding carboxylic acids is 1. The van der Waals surface area contributed by atoms with Gasteiger partial charge >= 0.3 is 0 Å². The van der Waals surface area contributed by atoms with Crippen molar-refractivity contribution >= 4 is 17.5 Å². The number of carbonyl (C=O) groups is 1. The SMILES string of the molecule is O=C(NCc1ccc(Cl)cc1)c1ccccc1CN1CCOCC1. The Morgan fingerprint density at radius 2 is 1.79 bits per heavy atom. The summed E-state index contributed by atoms with van der Waals surface area (Å²) in [6, 6.07) is 15.3. The number of ether oxygens (including phenoxy) is 1. The van der Waals surface area contributed by atoms with Crippen molar-refractivity contribution in [2.24, 2.45) is 0 Å². The van der Waals surface area contributed by atoms with Crippen LogP contribution in [0.1, 0.15) is 21.5 Å². The fraction of sp³-hybridized carbons (Fsp3) is 0.316. The average molecular weight is 345 g/mol. The summed E-state index contributed by atoms with van der Waals surface area (Å²) in [6.45, 7) is 4.58. The second kappa shape index (κ2) is 8.29. The van der Waals surface area contributed by atoms with Crippen LogP contribution in [0.4, 0.5) is 0 Å². The average Bonchev–Trinajstić information content (AvgIpc) is 2.62. The molecule has 24 heavy (non-hydrogen) atoms. The number of halogens is 1. The Morgan fingerprint density at radius 1 is 1.08 bits per heavy atom. The molecule has 1 saturated heterocycles. The summed E-state index contributed by atoms with van der Waals surface area (Å²) in [5, 5.41) is 3.68. The highest BCUT2D eigenvalue weighted by Crippen LogP contribution is 2.14. The highest BCUT2D eigenvalue weighted by Gasteiger charge is 2.15. The van der Waals surface area contributed by atoms with Crippen LogP contribution in [0.3, 0.4) is 0 Å². The maximum Gasteiger partial charge on any atom is 0.251 e. The molecule has 5 heteroatoms. The molecule has 1 fully saturated rings. The largest absolute Gasteiger partial charge is 0.379 e. The normalized spacial score (nSPS) is 15.2. The van der Waals surface area contributed by atoms with Gasteiger partial charge in [0, 0.05) is 36.8 Å². The first-order valence-corrected chi connectivity index (χ1v) is 8.51. The minimum atomic E-state index is -0.0474. The number of hydrogen-bond donors (Lipinski definition) is 1. The zero-order valence-corrected chi connectivity index (χ0v) is 14.3. The van der Waals surface area contributed by atoms with Crippen molar-refractivity contribution in [3.63, 3.8) is 0 Å². The Hall–Kier alpha value is -1.88. The second-order valence-electron chi connectivity index (χ2n) is 5.85. The fourth-order valence-electron chi connectivity index (χ4n) is 2.76. The quantitative estimate of drug-likeness (QED) is 0.906. The van der Waals surface area contributed by atoms with E-state index in [4.69, 9.17) is 16.3 Å². The van der Waals surface area contributed by atoms with Gasteiger partial charge < -0.3 is 10.1 Å². The highest BCUT2D eigenvalue weighted by molar-refractivity contribution is 6.30. The Labute approximate surface area is 147 Å². The minimum absolute atomic E-state index is 0.0474. The first-order chi connectivity index (χ1) is 11.7. The third kappa shape index (κ3) is 4.57. The van der Waals surface area contributed by atoms with Gasteiger partial charge in [0.2, 0.25) is 0 Å². The lowest BCUT2D eigenvalue weighted by atomic mass is 10.1. The molecule has 0 aromatic heterocycles. The molecule has 2 aromatic rings. The number of nitrogens with zero attached hydrogens (tertiary/aromatic N) is 1. The van der Waals surface area contributed by atoms with Crippen LogP contribution in [-0.2, 0) is 17.8 Å². The molecule has 4 nitrogen and oxygen atoms in total. The van der Waals surface area contributed by atoms with Crippen LogP contribution in [0.15, 0.2) is 48.5 Å². The van der Waals surface area contributed by atoms with E-state index in [0.29, 0.717) is 11.6 Å². The molecule has 2 aromatic carbocycles. The summed E-state index contributed by atoms with van der Waals surface area (Å²) < 4.78 is 5.38. The van der Waals surface area contributed by atoms with Crippen molar-refractivity contribution in [3.05, 3.63) is 70.2 Å². The van der Waals surface area contributed by atoms with Gasteiger partial charge in [-0.05, 0) is 29.3 Å². The van der Waals surface area contributed by atoms with Gasteiger partial charge in [-0.25, -0.2) is 0 Å². The van der Waals surface area contributed by atoms with Crippen molar-refractivity contribution < 1.29 is 9.53 Å². The molecule has 1 heterocycles. The fourth-order valence-corrected chi connectivity index (χ4v) is 2.89. The number of benzene rings is 2. The number of morpholine rings is 1. The summed E-state index contributed by atoms with van der Waals surface area (Å²) in [5.74, 6) is -0.0474. The first kappa shape index (κ1) is 17.0. The maximum absolute atomic E-state index is 12.6. The predicted octanol–water partition coefficient (Wildman–Crippen LogP) is 3.10. The van der Waals surface area contributed by atoms with Crippen LogP contribution in [0, 0.1) is 0 Å². The Bertz CT molecular complexity index is 682. The molecule has 1 N–H and O–H groups in total. The number of amides is 1. The lowest BCUT2D eigenvalue weighted by molar-refractivity contribution is 0.0340. The molecule has 0 radical (unpaired) electrons. The van der Waals surface area contributed by atoms with E-state index in [1.807, 2.05) is 48.5 Å². The molecule has 0 saturated carbocycles. The summed E-state index contributed by atoms with van der Waals surface area (Å²) in [6.07, 6.45) is 0. The van der Waals surface area contributed by atoms with Crippen molar-refractivity contribution in [3.8, 4) is 0 Å². The molecule has 0 spiro atoms. The van der Waals surface area contributed by atoms with E-state index in [1.165, 1.54) is 0 Å². The Balaban J connectivity index is 1.64.